The third-order valence-corrected chi connectivity index (χ3v) is 3.23. The first-order valence-corrected chi connectivity index (χ1v) is 6.94. The van der Waals surface area contributed by atoms with Crippen molar-refractivity contribution in [1.82, 2.24) is 9.55 Å². The molecule has 0 atom stereocenters. The second kappa shape index (κ2) is 6.26. The van der Waals surface area contributed by atoms with E-state index in [1.807, 2.05) is 29.2 Å². The maximum Gasteiger partial charge on any atom is 0.336 e. The fourth-order valence-corrected chi connectivity index (χ4v) is 2.14. The predicted molar refractivity (Wildman–Crippen MR) is 79.4 cm³/mol. The molecule has 3 aromatic rings. The van der Waals surface area contributed by atoms with Crippen molar-refractivity contribution in [3.63, 3.8) is 0 Å². The second-order valence-corrected chi connectivity index (χ2v) is 4.81. The Morgan fingerprint density at radius 2 is 2.10 bits per heavy atom. The van der Waals surface area contributed by atoms with Gasteiger partial charge in [-0.15, -0.1) is 0 Å². The molecule has 0 spiro atoms. The van der Waals surface area contributed by atoms with Crippen LogP contribution < -0.4 is 10.4 Å². The molecule has 21 heavy (non-hydrogen) atoms. The molecule has 5 heteroatoms. The number of imidazole rings is 1. The number of unbranched alkanes of at least 4 members (excludes halogenated alkanes) is 1. The monoisotopic (exact) mass is 284 g/mol. The van der Waals surface area contributed by atoms with Crippen molar-refractivity contribution >= 4 is 11.0 Å². The van der Waals surface area contributed by atoms with Crippen LogP contribution in [0.3, 0.4) is 0 Å². The van der Waals surface area contributed by atoms with Crippen molar-refractivity contribution in [2.45, 2.75) is 19.4 Å². The first kappa shape index (κ1) is 13.4. The molecule has 108 valence electrons. The van der Waals surface area contributed by atoms with Crippen molar-refractivity contribution in [2.24, 2.45) is 0 Å². The lowest BCUT2D eigenvalue weighted by Gasteiger charge is -2.07. The Morgan fingerprint density at radius 3 is 2.95 bits per heavy atom. The summed E-state index contributed by atoms with van der Waals surface area (Å²) in [6, 6.07) is 8.69. The Kier molecular flexibility index (Phi) is 4.00. The van der Waals surface area contributed by atoms with E-state index in [-0.39, 0.29) is 5.63 Å². The van der Waals surface area contributed by atoms with Crippen LogP contribution in [-0.4, -0.2) is 16.2 Å². The summed E-state index contributed by atoms with van der Waals surface area (Å²) in [5, 5.41) is 0.891. The van der Waals surface area contributed by atoms with Crippen LogP contribution in [0.15, 0.2) is 58.3 Å². The summed E-state index contributed by atoms with van der Waals surface area (Å²) in [5.41, 5.74) is 0.207. The van der Waals surface area contributed by atoms with Gasteiger partial charge in [-0.2, -0.15) is 0 Å². The Hall–Kier alpha value is -2.56. The van der Waals surface area contributed by atoms with Gasteiger partial charge in [0.15, 0.2) is 0 Å². The summed E-state index contributed by atoms with van der Waals surface area (Å²) in [5.74, 6) is 0.722. The smallest absolute Gasteiger partial charge is 0.336 e. The Labute approximate surface area is 121 Å². The third kappa shape index (κ3) is 3.51. The quantitative estimate of drug-likeness (QED) is 0.516. The minimum atomic E-state index is -0.347. The number of hydrogen-bond acceptors (Lipinski definition) is 4. The van der Waals surface area contributed by atoms with E-state index >= 15 is 0 Å². The van der Waals surface area contributed by atoms with Crippen molar-refractivity contribution < 1.29 is 9.15 Å². The van der Waals surface area contributed by atoms with Crippen LogP contribution in [0, 0.1) is 0 Å². The molecule has 0 amide bonds. The lowest BCUT2D eigenvalue weighted by atomic mass is 10.2. The highest BCUT2D eigenvalue weighted by Gasteiger charge is 2.00. The average molecular weight is 284 g/mol. The molecule has 0 fully saturated rings. The van der Waals surface area contributed by atoms with Crippen molar-refractivity contribution in [3.8, 4) is 5.75 Å². The zero-order valence-electron chi connectivity index (χ0n) is 11.6. The van der Waals surface area contributed by atoms with Crippen LogP contribution in [0.25, 0.3) is 11.0 Å². The van der Waals surface area contributed by atoms with Gasteiger partial charge in [-0.25, -0.2) is 9.78 Å². The van der Waals surface area contributed by atoms with E-state index in [0.29, 0.717) is 12.2 Å². The number of aryl methyl sites for hydroxylation is 1. The molecule has 5 nitrogen and oxygen atoms in total. The van der Waals surface area contributed by atoms with Crippen LogP contribution in [0.1, 0.15) is 12.8 Å². The fraction of sp³-hybridized carbons (Fsp3) is 0.250. The number of fused-ring (bicyclic) bond motifs is 1. The molecule has 2 aromatic heterocycles. The lowest BCUT2D eigenvalue weighted by Crippen LogP contribution is -2.01. The van der Waals surface area contributed by atoms with E-state index in [9.17, 15) is 4.79 Å². The zero-order chi connectivity index (χ0) is 14.5. The summed E-state index contributed by atoms with van der Waals surface area (Å²) >= 11 is 0. The number of aromatic nitrogens is 2. The van der Waals surface area contributed by atoms with Gasteiger partial charge in [0.05, 0.1) is 12.9 Å². The van der Waals surface area contributed by atoms with Gasteiger partial charge < -0.3 is 13.7 Å². The minimum Gasteiger partial charge on any atom is -0.493 e. The molecule has 0 unspecified atom stereocenters. The summed E-state index contributed by atoms with van der Waals surface area (Å²) < 4.78 is 12.9. The maximum atomic E-state index is 11.2. The summed E-state index contributed by atoms with van der Waals surface area (Å²) in [7, 11) is 0. The molecule has 1 aromatic carbocycles. The molecular weight excluding hydrogens is 268 g/mol. The number of hydrogen-bond donors (Lipinski definition) is 0. The largest absolute Gasteiger partial charge is 0.493 e. The van der Waals surface area contributed by atoms with Crippen molar-refractivity contribution in [2.75, 3.05) is 6.61 Å². The van der Waals surface area contributed by atoms with Crippen molar-refractivity contribution in [3.05, 3.63) is 59.5 Å². The highest BCUT2D eigenvalue weighted by Crippen LogP contribution is 2.19. The first-order chi connectivity index (χ1) is 10.3. The molecule has 0 saturated carbocycles. The topological polar surface area (TPSA) is 57.3 Å². The Bertz CT molecular complexity index is 763. The van der Waals surface area contributed by atoms with E-state index in [1.165, 1.54) is 6.07 Å². The van der Waals surface area contributed by atoms with E-state index in [4.69, 9.17) is 9.15 Å². The van der Waals surface area contributed by atoms with Gasteiger partial charge >= 0.3 is 5.63 Å². The lowest BCUT2D eigenvalue weighted by molar-refractivity contribution is 0.303. The van der Waals surface area contributed by atoms with Gasteiger partial charge in [0.25, 0.3) is 0 Å². The summed E-state index contributed by atoms with van der Waals surface area (Å²) in [6.45, 7) is 1.58. The minimum absolute atomic E-state index is 0.347. The number of ether oxygens (including phenoxy) is 1. The molecule has 0 aliphatic rings. The van der Waals surface area contributed by atoms with Crippen LogP contribution in [0.2, 0.25) is 0 Å². The second-order valence-electron chi connectivity index (χ2n) is 4.81. The summed E-state index contributed by atoms with van der Waals surface area (Å²) in [4.78, 5) is 15.2. The van der Waals surface area contributed by atoms with Gasteiger partial charge in [-0.05, 0) is 31.0 Å². The van der Waals surface area contributed by atoms with Gasteiger partial charge in [0.2, 0.25) is 0 Å². The standard InChI is InChI=1S/C16H16N2O3/c19-16-6-4-13-3-5-14(11-15(13)21-16)20-10-2-1-8-18-9-7-17-12-18/h3-7,9,11-12H,1-2,8,10H2. The molecule has 0 radical (unpaired) electrons. The summed E-state index contributed by atoms with van der Waals surface area (Å²) in [6.07, 6.45) is 7.52. The average Bonchev–Trinajstić information content (AvgIpc) is 3.00. The zero-order valence-corrected chi connectivity index (χ0v) is 11.6. The van der Waals surface area contributed by atoms with Crippen molar-refractivity contribution in [1.29, 1.82) is 0 Å². The molecular formula is C16H16N2O3. The van der Waals surface area contributed by atoms with E-state index in [0.717, 1.165) is 30.5 Å². The number of rotatable bonds is 6. The maximum absolute atomic E-state index is 11.2. The van der Waals surface area contributed by atoms with E-state index in [2.05, 4.69) is 4.98 Å². The van der Waals surface area contributed by atoms with Gasteiger partial charge in [-0.3, -0.25) is 0 Å². The van der Waals surface area contributed by atoms with E-state index in [1.54, 1.807) is 18.3 Å². The van der Waals surface area contributed by atoms with Crippen LogP contribution in [-0.2, 0) is 6.54 Å². The molecule has 0 N–H and O–H groups in total. The Morgan fingerprint density at radius 1 is 1.19 bits per heavy atom. The molecule has 0 aliphatic heterocycles. The number of benzene rings is 1. The SMILES string of the molecule is O=c1ccc2ccc(OCCCCn3ccnc3)cc2o1. The van der Waals surface area contributed by atoms with Gasteiger partial charge in [0.1, 0.15) is 11.3 Å². The molecule has 0 saturated heterocycles. The van der Waals surface area contributed by atoms with E-state index < -0.39 is 0 Å². The highest BCUT2D eigenvalue weighted by molar-refractivity contribution is 5.77. The van der Waals surface area contributed by atoms with Gasteiger partial charge in [-0.1, -0.05) is 0 Å². The number of nitrogens with zero attached hydrogens (tertiary/aromatic N) is 2. The molecule has 3 rings (SSSR count). The third-order valence-electron chi connectivity index (χ3n) is 3.23. The van der Waals surface area contributed by atoms with Crippen LogP contribution >= 0.6 is 0 Å². The van der Waals surface area contributed by atoms with Crippen LogP contribution in [0.4, 0.5) is 0 Å². The fourth-order valence-electron chi connectivity index (χ4n) is 2.14. The molecule has 2 heterocycles. The first-order valence-electron chi connectivity index (χ1n) is 6.94. The van der Waals surface area contributed by atoms with Crippen LogP contribution in [0.5, 0.6) is 5.75 Å². The molecule has 0 bridgehead atoms. The predicted octanol–water partition coefficient (Wildman–Crippen LogP) is 2.85. The molecule has 0 aliphatic carbocycles. The Balaban J connectivity index is 1.52. The van der Waals surface area contributed by atoms with Gasteiger partial charge in [0, 0.05) is 36.5 Å². The normalized spacial score (nSPS) is 10.9. The highest BCUT2D eigenvalue weighted by atomic mass is 16.5.